The molecule has 0 spiro atoms. The summed E-state index contributed by atoms with van der Waals surface area (Å²) in [5, 5.41) is 5.94. The Morgan fingerprint density at radius 2 is 2.05 bits per heavy atom. The maximum Gasteiger partial charge on any atom is 0.253 e. The van der Waals surface area contributed by atoms with E-state index in [0.717, 1.165) is 36.1 Å². The number of hydrogen-bond acceptors (Lipinski definition) is 5. The first-order chi connectivity index (χ1) is 18.9. The zero-order valence-corrected chi connectivity index (χ0v) is 24.3. The minimum Gasteiger partial charge on any atom is -0.362 e. The van der Waals surface area contributed by atoms with E-state index in [1.165, 1.54) is 35.4 Å². The Morgan fingerprint density at radius 3 is 2.77 bits per heavy atom. The van der Waals surface area contributed by atoms with Crippen LogP contribution in [0.15, 0.2) is 72.2 Å². The molecule has 1 aromatic carbocycles. The lowest BCUT2D eigenvalue weighted by Gasteiger charge is -2.31. The van der Waals surface area contributed by atoms with Crippen LogP contribution in [0.1, 0.15) is 86.9 Å². The smallest absolute Gasteiger partial charge is 0.253 e. The first-order valence-electron chi connectivity index (χ1n) is 13.9. The molecule has 4 rings (SSSR count). The highest BCUT2D eigenvalue weighted by Gasteiger charge is 2.25. The Morgan fingerprint density at radius 1 is 1.23 bits per heavy atom. The minimum absolute atomic E-state index is 0.118. The summed E-state index contributed by atoms with van der Waals surface area (Å²) in [6.45, 7) is 9.10. The molecule has 1 unspecified atom stereocenters. The van der Waals surface area contributed by atoms with Gasteiger partial charge < -0.3 is 15.6 Å². The predicted molar refractivity (Wildman–Crippen MR) is 161 cm³/mol. The van der Waals surface area contributed by atoms with Crippen LogP contribution in [0.2, 0.25) is 0 Å². The summed E-state index contributed by atoms with van der Waals surface area (Å²) in [6.07, 6.45) is 15.9. The molecule has 1 amide bonds. The zero-order valence-electron chi connectivity index (χ0n) is 24.3. The van der Waals surface area contributed by atoms with E-state index in [1.807, 2.05) is 43.6 Å². The molecule has 7 nitrogen and oxygen atoms in total. The quantitative estimate of drug-likeness (QED) is 0.273. The van der Waals surface area contributed by atoms with Crippen molar-refractivity contribution >= 4 is 16.9 Å². The Bertz CT molecular complexity index is 1320. The maximum absolute atomic E-state index is 12.1. The number of rotatable bonds is 9. The molecule has 3 aromatic rings. The number of nitrogens with zero attached hydrogens (tertiary/aromatic N) is 3. The van der Waals surface area contributed by atoms with Gasteiger partial charge in [0.15, 0.2) is 0 Å². The lowest BCUT2D eigenvalue weighted by molar-refractivity contribution is 0.0964. The Kier molecular flexibility index (Phi) is 11.5. The number of allylic oxidation sites excluding steroid dienone is 4. The molecule has 7 heteroatoms. The molecule has 0 aliphatic heterocycles. The van der Waals surface area contributed by atoms with Gasteiger partial charge in [-0.3, -0.25) is 14.7 Å². The van der Waals surface area contributed by atoms with Gasteiger partial charge in [0.05, 0.1) is 29.4 Å². The SMILES string of the molecule is C/C=C\C(N/C=C/CCC)=C(C)C.CNC(=O)c1cccc2[nH]c(CN(C)C3CCCc4cccnc43)nc12. The van der Waals surface area contributed by atoms with E-state index >= 15 is 0 Å². The molecule has 1 aliphatic carbocycles. The largest absolute Gasteiger partial charge is 0.362 e. The molecule has 0 saturated heterocycles. The van der Waals surface area contributed by atoms with Crippen molar-refractivity contribution in [2.75, 3.05) is 14.1 Å². The number of H-pyrrole nitrogens is 1. The van der Waals surface area contributed by atoms with Crippen LogP contribution in [-0.4, -0.2) is 39.9 Å². The third-order valence-corrected chi connectivity index (χ3v) is 6.81. The lowest BCUT2D eigenvalue weighted by atomic mass is 9.91. The summed E-state index contributed by atoms with van der Waals surface area (Å²) in [6, 6.07) is 10.1. The first-order valence-corrected chi connectivity index (χ1v) is 13.9. The van der Waals surface area contributed by atoms with Crippen molar-refractivity contribution in [1.82, 2.24) is 30.5 Å². The van der Waals surface area contributed by atoms with Crippen molar-refractivity contribution in [2.24, 2.45) is 0 Å². The Hall–Kier alpha value is -3.71. The second kappa shape index (κ2) is 15.0. The van der Waals surface area contributed by atoms with Crippen molar-refractivity contribution in [2.45, 2.75) is 72.4 Å². The molecule has 0 bridgehead atoms. The maximum atomic E-state index is 12.1. The summed E-state index contributed by atoms with van der Waals surface area (Å²) in [5.74, 6) is 0.745. The van der Waals surface area contributed by atoms with E-state index < -0.39 is 0 Å². The van der Waals surface area contributed by atoms with Gasteiger partial charge in [0, 0.05) is 18.9 Å². The van der Waals surface area contributed by atoms with E-state index in [0.29, 0.717) is 18.2 Å². The number of amides is 1. The number of unbranched alkanes of at least 4 members (excludes halogenated alkanes) is 1. The first kappa shape index (κ1) is 29.8. The fourth-order valence-electron chi connectivity index (χ4n) is 4.76. The van der Waals surface area contributed by atoms with Gasteiger partial charge in [-0.1, -0.05) is 43.2 Å². The fourth-order valence-corrected chi connectivity index (χ4v) is 4.76. The normalized spacial score (nSPS) is 14.8. The summed E-state index contributed by atoms with van der Waals surface area (Å²) >= 11 is 0. The van der Waals surface area contributed by atoms with Crippen LogP contribution >= 0.6 is 0 Å². The van der Waals surface area contributed by atoms with Crippen LogP contribution in [0.5, 0.6) is 0 Å². The van der Waals surface area contributed by atoms with Crippen LogP contribution in [0, 0.1) is 0 Å². The number of nitrogens with one attached hydrogen (secondary N) is 3. The number of fused-ring (bicyclic) bond motifs is 2. The van der Waals surface area contributed by atoms with Gasteiger partial charge in [0.2, 0.25) is 0 Å². The molecule has 39 heavy (non-hydrogen) atoms. The molecule has 208 valence electrons. The van der Waals surface area contributed by atoms with Gasteiger partial charge in [-0.05, 0) is 89.5 Å². The zero-order chi connectivity index (χ0) is 28.2. The number of aryl methyl sites for hydroxylation is 1. The van der Waals surface area contributed by atoms with E-state index in [2.05, 4.69) is 71.5 Å². The van der Waals surface area contributed by atoms with Gasteiger partial charge in [0.1, 0.15) is 11.3 Å². The van der Waals surface area contributed by atoms with Crippen molar-refractivity contribution < 1.29 is 4.79 Å². The number of benzene rings is 1. The highest BCUT2D eigenvalue weighted by atomic mass is 16.1. The van der Waals surface area contributed by atoms with Crippen LogP contribution < -0.4 is 10.6 Å². The van der Waals surface area contributed by atoms with E-state index in [4.69, 9.17) is 4.98 Å². The van der Waals surface area contributed by atoms with Crippen molar-refractivity contribution in [1.29, 1.82) is 0 Å². The van der Waals surface area contributed by atoms with E-state index in [1.54, 1.807) is 13.1 Å². The van der Waals surface area contributed by atoms with E-state index in [9.17, 15) is 4.79 Å². The molecule has 2 heterocycles. The molecule has 0 fully saturated rings. The third-order valence-electron chi connectivity index (χ3n) is 6.81. The fraction of sp³-hybridized carbons (Fsp3) is 0.406. The highest BCUT2D eigenvalue weighted by molar-refractivity contribution is 6.04. The summed E-state index contributed by atoms with van der Waals surface area (Å²) < 4.78 is 0. The van der Waals surface area contributed by atoms with Gasteiger partial charge >= 0.3 is 0 Å². The van der Waals surface area contributed by atoms with Crippen LogP contribution in [0.25, 0.3) is 11.0 Å². The minimum atomic E-state index is -0.118. The number of imidazole rings is 1. The topological polar surface area (TPSA) is 85.9 Å². The van der Waals surface area contributed by atoms with Crippen molar-refractivity contribution in [3.63, 3.8) is 0 Å². The van der Waals surface area contributed by atoms with Crippen molar-refractivity contribution in [3.05, 3.63) is 94.9 Å². The number of carbonyl (C=O) groups excluding carboxylic acids is 1. The van der Waals surface area contributed by atoms with Crippen LogP contribution in [-0.2, 0) is 13.0 Å². The van der Waals surface area contributed by atoms with Gasteiger partial charge in [0.25, 0.3) is 5.91 Å². The monoisotopic (exact) mass is 528 g/mol. The number of aromatic nitrogens is 3. The molecule has 3 N–H and O–H groups in total. The van der Waals surface area contributed by atoms with Gasteiger partial charge in [-0.15, -0.1) is 0 Å². The molecule has 0 saturated carbocycles. The second-order valence-electron chi connectivity index (χ2n) is 10.1. The molecular formula is C32H44N6O. The number of pyridine rings is 1. The number of aromatic amines is 1. The molecular weight excluding hydrogens is 484 g/mol. The summed E-state index contributed by atoms with van der Waals surface area (Å²) in [4.78, 5) is 27.0. The Balaban J connectivity index is 0.000000276. The van der Waals surface area contributed by atoms with Gasteiger partial charge in [-0.2, -0.15) is 0 Å². The van der Waals surface area contributed by atoms with Gasteiger partial charge in [-0.25, -0.2) is 4.98 Å². The van der Waals surface area contributed by atoms with Crippen LogP contribution in [0.4, 0.5) is 0 Å². The lowest BCUT2D eigenvalue weighted by Crippen LogP contribution is -2.28. The molecule has 2 aromatic heterocycles. The molecule has 1 aliphatic rings. The second-order valence-corrected chi connectivity index (χ2v) is 10.1. The van der Waals surface area contributed by atoms with Crippen molar-refractivity contribution in [3.8, 4) is 0 Å². The average molecular weight is 529 g/mol. The summed E-state index contributed by atoms with van der Waals surface area (Å²) in [5.41, 5.74) is 7.23. The number of hydrogen-bond donors (Lipinski definition) is 3. The average Bonchev–Trinajstić information content (AvgIpc) is 3.36. The van der Waals surface area contributed by atoms with E-state index in [-0.39, 0.29) is 5.91 Å². The summed E-state index contributed by atoms with van der Waals surface area (Å²) in [7, 11) is 3.75. The Labute approximate surface area is 233 Å². The highest BCUT2D eigenvalue weighted by Crippen LogP contribution is 2.32. The number of para-hydroxylation sites is 1. The molecule has 0 radical (unpaired) electrons. The van der Waals surface area contributed by atoms with Crippen LogP contribution in [0.3, 0.4) is 0 Å². The third kappa shape index (κ3) is 8.14. The standard InChI is InChI=1S/C20H23N5O.C12H21N/c1-21-20(26)14-8-4-9-15-19(14)24-17(23-15)12-25(2)16-10-3-6-13-7-5-11-22-18(13)16;1-5-7-8-10-13-12(9-6-2)11(3)4/h4-5,7-9,11,16H,3,6,10,12H2,1-2H3,(H,21,26)(H,23,24);6,8-10,13H,5,7H2,1-4H3/b;9-6-,10-8+. The molecule has 1 atom stereocenters. The predicted octanol–water partition coefficient (Wildman–Crippen LogP) is 6.59. The number of carbonyl (C=O) groups is 1.